The highest BCUT2D eigenvalue weighted by Gasteiger charge is 1.95. The van der Waals surface area contributed by atoms with Crippen LogP contribution >= 0.6 is 0 Å². The smallest absolute Gasteiger partial charge is 0.192 e. The molecule has 0 bridgehead atoms. The Morgan fingerprint density at radius 3 is 2.46 bits per heavy atom. The third-order valence-corrected chi connectivity index (χ3v) is 1.57. The van der Waals surface area contributed by atoms with Crippen molar-refractivity contribution in [2.45, 2.75) is 0 Å². The normalized spacial score (nSPS) is 9.08. The Kier molecular flexibility index (Phi) is 3.19. The van der Waals surface area contributed by atoms with Gasteiger partial charge in [0.05, 0.1) is 11.6 Å². The molecule has 13 heavy (non-hydrogen) atoms. The number of rotatable bonds is 0. The molecule has 0 fully saturated rings. The molecule has 0 spiro atoms. The van der Waals surface area contributed by atoms with Crippen molar-refractivity contribution in [2.24, 2.45) is 0 Å². The summed E-state index contributed by atoms with van der Waals surface area (Å²) < 4.78 is 5.09. The lowest BCUT2D eigenvalue weighted by molar-refractivity contribution is -0.176. The van der Waals surface area contributed by atoms with Crippen LogP contribution in [0.15, 0.2) is 45.8 Å². The van der Waals surface area contributed by atoms with E-state index in [0.717, 1.165) is 0 Å². The monoisotopic (exact) mass is 180 g/mol. The minimum absolute atomic E-state index is 0.00634. The number of para-hydroxylation sites is 1. The molecule has 0 saturated heterocycles. The third-order valence-electron chi connectivity index (χ3n) is 1.57. The molecule has 4 heteroatoms. The molecule has 1 aromatic heterocycles. The van der Waals surface area contributed by atoms with E-state index in [1.54, 1.807) is 12.1 Å². The molecule has 2 rings (SSSR count). The average molecular weight is 180 g/mol. The van der Waals surface area contributed by atoms with Gasteiger partial charge in [0, 0.05) is 6.07 Å². The van der Waals surface area contributed by atoms with Crippen LogP contribution in [0.2, 0.25) is 0 Å². The second-order valence-electron chi connectivity index (χ2n) is 2.28. The van der Waals surface area contributed by atoms with Gasteiger partial charge in [-0.2, -0.15) is 0 Å². The van der Waals surface area contributed by atoms with Gasteiger partial charge in [-0.15, -0.1) is 0 Å². The lowest BCUT2D eigenvalue weighted by Crippen LogP contribution is -1.96. The Balaban J connectivity index is 0.000000396. The zero-order valence-electron chi connectivity index (χ0n) is 6.68. The second kappa shape index (κ2) is 4.39. The van der Waals surface area contributed by atoms with Crippen LogP contribution in [-0.2, 0) is 0 Å². The van der Waals surface area contributed by atoms with Crippen LogP contribution in [-0.4, -0.2) is 10.5 Å². The van der Waals surface area contributed by atoms with Crippen molar-refractivity contribution in [1.29, 1.82) is 0 Å². The predicted molar refractivity (Wildman–Crippen MR) is 47.7 cm³/mol. The predicted octanol–water partition coefficient (Wildman–Crippen LogP) is 1.81. The molecule has 1 heterocycles. The fraction of sp³-hybridized carbons (Fsp3) is 0. The Bertz CT molecular complexity index is 427. The van der Waals surface area contributed by atoms with Gasteiger partial charge < -0.3 is 4.42 Å². The molecular weight excluding hydrogens is 172 g/mol. The summed E-state index contributed by atoms with van der Waals surface area (Å²) in [6, 6.07) is 8.60. The lowest BCUT2D eigenvalue weighted by atomic mass is 10.2. The summed E-state index contributed by atoms with van der Waals surface area (Å²) in [6.45, 7) is 0. The van der Waals surface area contributed by atoms with Crippen molar-refractivity contribution in [3.63, 3.8) is 0 Å². The maximum absolute atomic E-state index is 11.1. The molecule has 0 amide bonds. The molecule has 0 unspecified atom stereocenters. The maximum Gasteiger partial charge on any atom is 0.192 e. The van der Waals surface area contributed by atoms with Gasteiger partial charge in [0.1, 0.15) is 5.58 Å². The summed E-state index contributed by atoms with van der Waals surface area (Å²) >= 11 is 0. The zero-order valence-corrected chi connectivity index (χ0v) is 6.68. The van der Waals surface area contributed by atoms with E-state index in [9.17, 15) is 4.79 Å². The van der Waals surface area contributed by atoms with Gasteiger partial charge in [-0.3, -0.25) is 15.3 Å². The number of hydrogen-bond donors (Lipinski definition) is 2. The molecular formula is C9H8O4. The first-order chi connectivity index (χ1) is 6.38. The SMILES string of the molecule is O=c1ccoc2ccccc12.OO. The van der Waals surface area contributed by atoms with E-state index >= 15 is 0 Å². The van der Waals surface area contributed by atoms with Gasteiger partial charge in [0.25, 0.3) is 0 Å². The van der Waals surface area contributed by atoms with E-state index in [2.05, 4.69) is 0 Å². The summed E-state index contributed by atoms with van der Waals surface area (Å²) in [7, 11) is 0. The highest BCUT2D eigenvalue weighted by Crippen LogP contribution is 2.06. The van der Waals surface area contributed by atoms with Gasteiger partial charge in [0.15, 0.2) is 5.43 Å². The van der Waals surface area contributed by atoms with Gasteiger partial charge in [-0.1, -0.05) is 12.1 Å². The van der Waals surface area contributed by atoms with Crippen molar-refractivity contribution in [2.75, 3.05) is 0 Å². The molecule has 4 nitrogen and oxygen atoms in total. The molecule has 0 atom stereocenters. The first-order valence-corrected chi connectivity index (χ1v) is 3.54. The first-order valence-electron chi connectivity index (χ1n) is 3.54. The van der Waals surface area contributed by atoms with E-state index in [-0.39, 0.29) is 5.43 Å². The molecule has 0 saturated carbocycles. The minimum Gasteiger partial charge on any atom is -0.464 e. The molecule has 0 radical (unpaired) electrons. The van der Waals surface area contributed by atoms with E-state index < -0.39 is 0 Å². The molecule has 1 aromatic carbocycles. The van der Waals surface area contributed by atoms with Crippen molar-refractivity contribution >= 4 is 11.0 Å². The molecule has 2 aromatic rings. The molecule has 68 valence electrons. The van der Waals surface area contributed by atoms with Crippen molar-refractivity contribution in [3.8, 4) is 0 Å². The molecule has 0 aliphatic heterocycles. The summed E-state index contributed by atoms with van der Waals surface area (Å²) in [5.41, 5.74) is 0.645. The Morgan fingerprint density at radius 1 is 1.08 bits per heavy atom. The van der Waals surface area contributed by atoms with Gasteiger partial charge in [-0.25, -0.2) is 0 Å². The Labute approximate surface area is 73.6 Å². The molecule has 2 N–H and O–H groups in total. The van der Waals surface area contributed by atoms with Crippen LogP contribution in [0, 0.1) is 0 Å². The number of fused-ring (bicyclic) bond motifs is 1. The van der Waals surface area contributed by atoms with E-state index in [4.69, 9.17) is 14.9 Å². The van der Waals surface area contributed by atoms with E-state index in [1.807, 2.05) is 12.1 Å². The summed E-state index contributed by atoms with van der Waals surface area (Å²) in [4.78, 5) is 11.1. The summed E-state index contributed by atoms with van der Waals surface area (Å²) in [6.07, 6.45) is 1.41. The first kappa shape index (κ1) is 9.44. The van der Waals surface area contributed by atoms with Gasteiger partial charge in [0.2, 0.25) is 0 Å². The standard InChI is InChI=1S/C9H6O2.H2O2/c10-8-5-6-11-9-4-2-1-3-7(8)9;1-2/h1-6H;1-2H. The lowest BCUT2D eigenvalue weighted by Gasteiger charge is -1.91. The van der Waals surface area contributed by atoms with Gasteiger partial charge >= 0.3 is 0 Å². The third kappa shape index (κ3) is 1.93. The van der Waals surface area contributed by atoms with Gasteiger partial charge in [-0.05, 0) is 12.1 Å². The van der Waals surface area contributed by atoms with Crippen LogP contribution in [0.1, 0.15) is 0 Å². The molecule has 0 aliphatic carbocycles. The Hall–Kier alpha value is -1.65. The van der Waals surface area contributed by atoms with Crippen LogP contribution in [0.4, 0.5) is 0 Å². The highest BCUT2D eigenvalue weighted by atomic mass is 17.0. The second-order valence-corrected chi connectivity index (χ2v) is 2.28. The number of hydrogen-bond acceptors (Lipinski definition) is 4. The quantitative estimate of drug-likeness (QED) is 0.479. The van der Waals surface area contributed by atoms with Crippen molar-refractivity contribution < 1.29 is 14.9 Å². The van der Waals surface area contributed by atoms with Crippen LogP contribution in [0.25, 0.3) is 11.0 Å². The Morgan fingerprint density at radius 2 is 1.77 bits per heavy atom. The van der Waals surface area contributed by atoms with Crippen LogP contribution in [0.5, 0.6) is 0 Å². The van der Waals surface area contributed by atoms with Crippen LogP contribution in [0.3, 0.4) is 0 Å². The highest BCUT2D eigenvalue weighted by molar-refractivity contribution is 5.75. The largest absolute Gasteiger partial charge is 0.464 e. The fourth-order valence-corrected chi connectivity index (χ4v) is 1.03. The van der Waals surface area contributed by atoms with E-state index in [1.165, 1.54) is 12.3 Å². The summed E-state index contributed by atoms with van der Waals surface area (Å²) in [5.74, 6) is 0. The van der Waals surface area contributed by atoms with Crippen LogP contribution < -0.4 is 5.43 Å². The van der Waals surface area contributed by atoms with Crippen molar-refractivity contribution in [3.05, 3.63) is 46.8 Å². The van der Waals surface area contributed by atoms with Crippen molar-refractivity contribution in [1.82, 2.24) is 0 Å². The average Bonchev–Trinajstić information content (AvgIpc) is 2.22. The minimum atomic E-state index is 0.00634. The zero-order chi connectivity index (χ0) is 9.68. The molecule has 0 aliphatic rings. The number of benzene rings is 1. The maximum atomic E-state index is 11.1. The van der Waals surface area contributed by atoms with E-state index in [0.29, 0.717) is 11.0 Å². The fourth-order valence-electron chi connectivity index (χ4n) is 1.03. The summed E-state index contributed by atoms with van der Waals surface area (Å²) in [5, 5.41) is 12.6. The topological polar surface area (TPSA) is 70.7 Å².